The summed E-state index contributed by atoms with van der Waals surface area (Å²) in [6.07, 6.45) is 1.93. The average molecular weight is 274 g/mol. The maximum absolute atomic E-state index is 12.2. The molecule has 1 aromatic rings. The van der Waals surface area contributed by atoms with Gasteiger partial charge in [-0.2, -0.15) is 0 Å². The lowest BCUT2D eigenvalue weighted by atomic mass is 10.1. The minimum atomic E-state index is -0.293. The molecule has 1 aliphatic rings. The average Bonchev–Trinajstić information content (AvgIpc) is 2.82. The number of nitrogens with zero attached hydrogens (tertiary/aromatic N) is 1. The SMILES string of the molecule is CC(C)N1C(=O)CC[C@@H]1C(=O)NCCc1ccccc1. The molecule has 0 spiro atoms. The molecule has 0 aliphatic carbocycles. The minimum Gasteiger partial charge on any atom is -0.354 e. The van der Waals surface area contributed by atoms with Crippen molar-refractivity contribution in [2.24, 2.45) is 0 Å². The molecule has 1 aliphatic heterocycles. The Kier molecular flexibility index (Phi) is 4.77. The van der Waals surface area contributed by atoms with E-state index in [-0.39, 0.29) is 23.9 Å². The van der Waals surface area contributed by atoms with Crippen LogP contribution in [0.3, 0.4) is 0 Å². The maximum Gasteiger partial charge on any atom is 0.242 e. The summed E-state index contributed by atoms with van der Waals surface area (Å²) in [6, 6.07) is 9.85. The van der Waals surface area contributed by atoms with Crippen LogP contribution in [0.5, 0.6) is 0 Å². The Balaban J connectivity index is 1.84. The number of hydrogen-bond donors (Lipinski definition) is 1. The van der Waals surface area contributed by atoms with Crippen molar-refractivity contribution < 1.29 is 9.59 Å². The van der Waals surface area contributed by atoms with Crippen LogP contribution >= 0.6 is 0 Å². The third-order valence-corrected chi connectivity index (χ3v) is 3.67. The molecular formula is C16H22N2O2. The van der Waals surface area contributed by atoms with Gasteiger partial charge in [-0.25, -0.2) is 0 Å². The minimum absolute atomic E-state index is 0.0273. The fourth-order valence-corrected chi connectivity index (χ4v) is 2.70. The fraction of sp³-hybridized carbons (Fsp3) is 0.500. The van der Waals surface area contributed by atoms with Crippen LogP contribution in [0.25, 0.3) is 0 Å². The van der Waals surface area contributed by atoms with Crippen LogP contribution in [0.2, 0.25) is 0 Å². The summed E-state index contributed by atoms with van der Waals surface area (Å²) in [5, 5.41) is 2.95. The Hall–Kier alpha value is -1.84. The molecule has 1 N–H and O–H groups in total. The van der Waals surface area contributed by atoms with Crippen molar-refractivity contribution in [3.63, 3.8) is 0 Å². The van der Waals surface area contributed by atoms with Gasteiger partial charge in [0.1, 0.15) is 6.04 Å². The van der Waals surface area contributed by atoms with Gasteiger partial charge in [0, 0.05) is 19.0 Å². The molecule has 1 fully saturated rings. The largest absolute Gasteiger partial charge is 0.354 e. The maximum atomic E-state index is 12.2. The zero-order valence-corrected chi connectivity index (χ0v) is 12.1. The van der Waals surface area contributed by atoms with Crippen molar-refractivity contribution in [1.29, 1.82) is 0 Å². The molecule has 1 heterocycles. The van der Waals surface area contributed by atoms with Crippen molar-refractivity contribution in [2.45, 2.75) is 45.2 Å². The third-order valence-electron chi connectivity index (χ3n) is 3.67. The highest BCUT2D eigenvalue weighted by molar-refractivity contribution is 5.91. The molecule has 0 radical (unpaired) electrons. The number of likely N-dealkylation sites (tertiary alicyclic amines) is 1. The van der Waals surface area contributed by atoms with Crippen LogP contribution < -0.4 is 5.32 Å². The van der Waals surface area contributed by atoms with Crippen LogP contribution in [-0.4, -0.2) is 35.3 Å². The van der Waals surface area contributed by atoms with Crippen LogP contribution in [0, 0.1) is 0 Å². The lowest BCUT2D eigenvalue weighted by Crippen LogP contribution is -2.48. The van der Waals surface area contributed by atoms with Gasteiger partial charge in [0.25, 0.3) is 0 Å². The smallest absolute Gasteiger partial charge is 0.242 e. The second-order valence-corrected chi connectivity index (χ2v) is 5.48. The van der Waals surface area contributed by atoms with Crippen molar-refractivity contribution in [1.82, 2.24) is 10.2 Å². The van der Waals surface area contributed by atoms with Gasteiger partial charge in [-0.15, -0.1) is 0 Å². The summed E-state index contributed by atoms with van der Waals surface area (Å²) in [7, 11) is 0. The fourth-order valence-electron chi connectivity index (χ4n) is 2.70. The van der Waals surface area contributed by atoms with Gasteiger partial charge in [-0.1, -0.05) is 30.3 Å². The highest BCUT2D eigenvalue weighted by atomic mass is 16.2. The highest BCUT2D eigenvalue weighted by Crippen LogP contribution is 2.21. The lowest BCUT2D eigenvalue weighted by molar-refractivity contribution is -0.136. The van der Waals surface area contributed by atoms with E-state index in [0.717, 1.165) is 6.42 Å². The van der Waals surface area contributed by atoms with E-state index in [1.54, 1.807) is 4.90 Å². The van der Waals surface area contributed by atoms with E-state index in [9.17, 15) is 9.59 Å². The van der Waals surface area contributed by atoms with E-state index in [1.165, 1.54) is 5.56 Å². The first-order valence-electron chi connectivity index (χ1n) is 7.22. The predicted octanol–water partition coefficient (Wildman–Crippen LogP) is 1.74. The summed E-state index contributed by atoms with van der Waals surface area (Å²) in [4.78, 5) is 25.7. The van der Waals surface area contributed by atoms with E-state index < -0.39 is 0 Å². The first kappa shape index (κ1) is 14.6. The van der Waals surface area contributed by atoms with Crippen molar-refractivity contribution in [3.8, 4) is 0 Å². The topological polar surface area (TPSA) is 49.4 Å². The predicted molar refractivity (Wildman–Crippen MR) is 78.2 cm³/mol. The zero-order chi connectivity index (χ0) is 14.5. The second-order valence-electron chi connectivity index (χ2n) is 5.48. The quantitative estimate of drug-likeness (QED) is 0.889. The number of carbonyl (C=O) groups excluding carboxylic acids is 2. The first-order valence-corrected chi connectivity index (χ1v) is 7.22. The van der Waals surface area contributed by atoms with Gasteiger partial charge in [0.15, 0.2) is 0 Å². The first-order chi connectivity index (χ1) is 9.59. The molecule has 1 saturated heterocycles. The van der Waals surface area contributed by atoms with Crippen LogP contribution in [0.15, 0.2) is 30.3 Å². The molecular weight excluding hydrogens is 252 g/mol. The van der Waals surface area contributed by atoms with Gasteiger partial charge in [-0.05, 0) is 32.3 Å². The zero-order valence-electron chi connectivity index (χ0n) is 12.1. The number of carbonyl (C=O) groups is 2. The highest BCUT2D eigenvalue weighted by Gasteiger charge is 2.37. The summed E-state index contributed by atoms with van der Waals surface area (Å²) in [6.45, 7) is 4.51. The van der Waals surface area contributed by atoms with Crippen LogP contribution in [0.4, 0.5) is 0 Å². The van der Waals surface area contributed by atoms with Gasteiger partial charge >= 0.3 is 0 Å². The van der Waals surface area contributed by atoms with Crippen LogP contribution in [0.1, 0.15) is 32.3 Å². The molecule has 108 valence electrons. The molecule has 4 nitrogen and oxygen atoms in total. The van der Waals surface area contributed by atoms with E-state index in [0.29, 0.717) is 19.4 Å². The molecule has 0 saturated carbocycles. The molecule has 0 bridgehead atoms. The molecule has 2 rings (SSSR count). The van der Waals surface area contributed by atoms with Crippen LogP contribution in [-0.2, 0) is 16.0 Å². The number of rotatable bonds is 5. The molecule has 1 aromatic carbocycles. The molecule has 20 heavy (non-hydrogen) atoms. The van der Waals surface area contributed by atoms with Crippen molar-refractivity contribution >= 4 is 11.8 Å². The number of nitrogens with one attached hydrogen (secondary N) is 1. The normalized spacial score (nSPS) is 18.6. The molecule has 0 unspecified atom stereocenters. The summed E-state index contributed by atoms with van der Waals surface area (Å²) in [5.74, 6) is 0.0590. The van der Waals surface area contributed by atoms with E-state index in [4.69, 9.17) is 0 Å². The van der Waals surface area contributed by atoms with E-state index in [2.05, 4.69) is 5.32 Å². The lowest BCUT2D eigenvalue weighted by Gasteiger charge is -2.27. The Morgan fingerprint density at radius 1 is 1.35 bits per heavy atom. The van der Waals surface area contributed by atoms with Crippen molar-refractivity contribution in [2.75, 3.05) is 6.54 Å². The van der Waals surface area contributed by atoms with Gasteiger partial charge in [-0.3, -0.25) is 9.59 Å². The summed E-state index contributed by atoms with van der Waals surface area (Å²) in [5.41, 5.74) is 1.20. The van der Waals surface area contributed by atoms with Gasteiger partial charge in [0.05, 0.1) is 0 Å². The Labute approximate surface area is 120 Å². The monoisotopic (exact) mass is 274 g/mol. The molecule has 0 aromatic heterocycles. The van der Waals surface area contributed by atoms with Gasteiger partial charge in [0.2, 0.25) is 11.8 Å². The Morgan fingerprint density at radius 3 is 2.70 bits per heavy atom. The van der Waals surface area contributed by atoms with Gasteiger partial charge < -0.3 is 10.2 Å². The second kappa shape index (κ2) is 6.55. The number of amides is 2. The summed E-state index contributed by atoms with van der Waals surface area (Å²) < 4.78 is 0. The Bertz CT molecular complexity index is 471. The number of benzene rings is 1. The standard InChI is InChI=1S/C16H22N2O2/c1-12(2)18-14(8-9-15(18)19)16(20)17-11-10-13-6-4-3-5-7-13/h3-7,12,14H,8-11H2,1-2H3,(H,17,20)/t14-/m1/s1. The molecule has 2 amide bonds. The molecule has 1 atom stereocenters. The molecule has 4 heteroatoms. The van der Waals surface area contributed by atoms with Crippen molar-refractivity contribution in [3.05, 3.63) is 35.9 Å². The van der Waals surface area contributed by atoms with E-state index >= 15 is 0 Å². The van der Waals surface area contributed by atoms with E-state index in [1.807, 2.05) is 44.2 Å². The Morgan fingerprint density at radius 2 is 2.05 bits per heavy atom. The third kappa shape index (κ3) is 3.38. The number of hydrogen-bond acceptors (Lipinski definition) is 2. The summed E-state index contributed by atoms with van der Waals surface area (Å²) >= 11 is 0.